The molecule has 0 saturated carbocycles. The molecule has 0 aliphatic carbocycles. The number of anilines is 1. The van der Waals surface area contributed by atoms with Crippen LogP contribution in [0.25, 0.3) is 0 Å². The Kier molecular flexibility index (Phi) is 5.82. The molecule has 1 aromatic carbocycles. The Bertz CT molecular complexity index is 943. The predicted octanol–water partition coefficient (Wildman–Crippen LogP) is 3.56. The fraction of sp³-hybridized carbons (Fsp3) is 0.381. The molecule has 2 amide bonds. The van der Waals surface area contributed by atoms with Crippen LogP contribution in [0.2, 0.25) is 0 Å². The van der Waals surface area contributed by atoms with Gasteiger partial charge >= 0.3 is 0 Å². The van der Waals surface area contributed by atoms with Gasteiger partial charge in [0.15, 0.2) is 0 Å². The number of nitrogens with one attached hydrogen (secondary N) is 1. The molecule has 7 heteroatoms. The van der Waals surface area contributed by atoms with Crippen molar-refractivity contribution in [2.45, 2.75) is 46.5 Å². The fourth-order valence-electron chi connectivity index (χ4n) is 3.39. The Labute approximate surface area is 164 Å². The van der Waals surface area contributed by atoms with Gasteiger partial charge in [0.2, 0.25) is 5.91 Å². The summed E-state index contributed by atoms with van der Waals surface area (Å²) in [5.41, 5.74) is 2.36. The number of benzene rings is 1. The number of rotatable bonds is 5. The van der Waals surface area contributed by atoms with Crippen LogP contribution >= 0.6 is 0 Å². The van der Waals surface area contributed by atoms with E-state index in [0.29, 0.717) is 30.1 Å². The first-order valence-electron chi connectivity index (χ1n) is 9.55. The summed E-state index contributed by atoms with van der Waals surface area (Å²) in [6.07, 6.45) is 1.32. The normalized spacial score (nSPS) is 17.7. The smallest absolute Gasteiger partial charge is 0.257 e. The number of carbonyl (C=O) groups excluding carboxylic acids is 2. The monoisotopic (exact) mass is 379 g/mol. The molecule has 0 bridgehead atoms. The topological polar surface area (TPSA) is 88.7 Å². The first-order chi connectivity index (χ1) is 13.4. The molecule has 2 heterocycles. The third-order valence-corrected chi connectivity index (χ3v) is 4.90. The van der Waals surface area contributed by atoms with E-state index in [1.165, 1.54) is 4.68 Å². The molecule has 2 aromatic rings. The number of hydrogen-bond donors (Lipinski definition) is 1. The van der Waals surface area contributed by atoms with Gasteiger partial charge in [0.25, 0.3) is 11.9 Å². The molecule has 1 aliphatic heterocycles. The van der Waals surface area contributed by atoms with Crippen molar-refractivity contribution in [2.75, 3.05) is 5.32 Å². The van der Waals surface area contributed by atoms with Gasteiger partial charge in [-0.05, 0) is 32.3 Å². The average molecular weight is 379 g/mol. The molecule has 1 aromatic heterocycles. The Balaban J connectivity index is 1.89. The molecule has 1 aliphatic rings. The number of aromatic nitrogens is 2. The summed E-state index contributed by atoms with van der Waals surface area (Å²) in [7, 11) is 0. The van der Waals surface area contributed by atoms with Gasteiger partial charge in [-0.1, -0.05) is 44.2 Å². The Morgan fingerprint density at radius 3 is 2.50 bits per heavy atom. The number of aliphatic imine (C=N–C) groups is 2. The highest BCUT2D eigenvalue weighted by atomic mass is 16.2. The minimum absolute atomic E-state index is 0.135. The van der Waals surface area contributed by atoms with Crippen molar-refractivity contribution in [2.24, 2.45) is 15.9 Å². The molecular weight excluding hydrogens is 354 g/mol. The summed E-state index contributed by atoms with van der Waals surface area (Å²) in [5.74, 6) is -0.301. The minimum Gasteiger partial charge on any atom is -0.310 e. The lowest BCUT2D eigenvalue weighted by Gasteiger charge is -2.18. The highest BCUT2D eigenvalue weighted by Crippen LogP contribution is 2.23. The molecule has 0 saturated heterocycles. The Morgan fingerprint density at radius 1 is 1.18 bits per heavy atom. The lowest BCUT2D eigenvalue weighted by molar-refractivity contribution is -0.120. The summed E-state index contributed by atoms with van der Waals surface area (Å²) >= 11 is 0. The van der Waals surface area contributed by atoms with E-state index in [1.54, 1.807) is 6.07 Å². The van der Waals surface area contributed by atoms with E-state index in [-0.39, 0.29) is 29.6 Å². The van der Waals surface area contributed by atoms with Crippen molar-refractivity contribution in [1.82, 2.24) is 9.78 Å². The Morgan fingerprint density at radius 2 is 1.89 bits per heavy atom. The second-order valence-electron chi connectivity index (χ2n) is 6.91. The maximum atomic E-state index is 12.9. The maximum Gasteiger partial charge on any atom is 0.257 e. The van der Waals surface area contributed by atoms with E-state index in [0.717, 1.165) is 5.56 Å². The zero-order valence-electron chi connectivity index (χ0n) is 16.6. The van der Waals surface area contributed by atoms with Crippen LogP contribution in [0.1, 0.15) is 50.8 Å². The number of aryl methyl sites for hydroxylation is 1. The molecule has 28 heavy (non-hydrogen) atoms. The van der Waals surface area contributed by atoms with Gasteiger partial charge in [-0.2, -0.15) is 14.8 Å². The molecule has 146 valence electrons. The molecule has 7 nitrogen and oxygen atoms in total. The molecule has 0 spiro atoms. The average Bonchev–Trinajstić information content (AvgIpc) is 3.03. The summed E-state index contributed by atoms with van der Waals surface area (Å²) in [5, 5.41) is 7.31. The van der Waals surface area contributed by atoms with Crippen molar-refractivity contribution in [3.8, 4) is 0 Å². The van der Waals surface area contributed by atoms with Gasteiger partial charge in [0.1, 0.15) is 5.82 Å². The van der Waals surface area contributed by atoms with Crippen LogP contribution in [-0.4, -0.2) is 33.3 Å². The van der Waals surface area contributed by atoms with E-state index in [1.807, 2.05) is 58.0 Å². The van der Waals surface area contributed by atoms with Crippen molar-refractivity contribution in [3.05, 3.63) is 47.7 Å². The molecule has 1 N–H and O–H groups in total. The van der Waals surface area contributed by atoms with Crippen LogP contribution in [0.3, 0.4) is 0 Å². The standard InChI is InChI=1S/C21H25N5O2/c1-5-16-14(4)22-21(24-19(16)27)26-18(12-13(3)25-26)23-20(28)17(6-2)15-10-8-7-9-11-15/h7-12,16-17H,5-6H2,1-4H3,(H,23,28). The van der Waals surface area contributed by atoms with E-state index < -0.39 is 0 Å². The third kappa shape index (κ3) is 3.93. The Hall–Kier alpha value is -3.09. The molecular formula is C21H25N5O2. The molecule has 2 atom stereocenters. The van der Waals surface area contributed by atoms with Crippen LogP contribution in [0, 0.1) is 12.8 Å². The fourth-order valence-corrected chi connectivity index (χ4v) is 3.39. The van der Waals surface area contributed by atoms with Crippen molar-refractivity contribution in [1.29, 1.82) is 0 Å². The van der Waals surface area contributed by atoms with Crippen LogP contribution in [-0.2, 0) is 9.59 Å². The molecule has 3 rings (SSSR count). The molecule has 0 radical (unpaired) electrons. The van der Waals surface area contributed by atoms with E-state index >= 15 is 0 Å². The van der Waals surface area contributed by atoms with Crippen LogP contribution in [0.15, 0.2) is 46.4 Å². The third-order valence-electron chi connectivity index (χ3n) is 4.90. The quantitative estimate of drug-likeness (QED) is 0.861. The van der Waals surface area contributed by atoms with Crippen molar-refractivity contribution >= 4 is 29.3 Å². The van der Waals surface area contributed by atoms with E-state index in [9.17, 15) is 9.59 Å². The lowest BCUT2D eigenvalue weighted by Crippen LogP contribution is -2.30. The van der Waals surface area contributed by atoms with Gasteiger partial charge in [-0.3, -0.25) is 9.59 Å². The maximum absolute atomic E-state index is 12.9. The van der Waals surface area contributed by atoms with Gasteiger partial charge < -0.3 is 5.32 Å². The summed E-state index contributed by atoms with van der Waals surface area (Å²) < 4.78 is 1.43. The first kappa shape index (κ1) is 19.7. The van der Waals surface area contributed by atoms with E-state index in [4.69, 9.17) is 0 Å². The first-order valence-corrected chi connectivity index (χ1v) is 9.55. The number of nitrogens with zero attached hydrogens (tertiary/aromatic N) is 4. The highest BCUT2D eigenvalue weighted by molar-refractivity contribution is 6.15. The van der Waals surface area contributed by atoms with Gasteiger partial charge in [-0.25, -0.2) is 4.99 Å². The van der Waals surface area contributed by atoms with Crippen LogP contribution < -0.4 is 5.32 Å². The zero-order valence-corrected chi connectivity index (χ0v) is 16.6. The molecule has 2 unspecified atom stereocenters. The van der Waals surface area contributed by atoms with Gasteiger partial charge in [0.05, 0.1) is 17.5 Å². The molecule has 0 fully saturated rings. The number of amides is 2. The lowest BCUT2D eigenvalue weighted by atomic mass is 9.96. The zero-order chi connectivity index (χ0) is 20.3. The SMILES string of the molecule is CCC1C(=O)N=C(n2nc(C)cc2NC(=O)C(CC)c2ccccc2)N=C1C. The second-order valence-corrected chi connectivity index (χ2v) is 6.91. The van der Waals surface area contributed by atoms with E-state index in [2.05, 4.69) is 20.4 Å². The van der Waals surface area contributed by atoms with Crippen molar-refractivity contribution < 1.29 is 9.59 Å². The largest absolute Gasteiger partial charge is 0.310 e. The second kappa shape index (κ2) is 8.29. The summed E-state index contributed by atoms with van der Waals surface area (Å²) in [6.45, 7) is 7.54. The number of carbonyl (C=O) groups is 2. The predicted molar refractivity (Wildman–Crippen MR) is 110 cm³/mol. The van der Waals surface area contributed by atoms with Gasteiger partial charge in [0, 0.05) is 11.8 Å². The van der Waals surface area contributed by atoms with Gasteiger partial charge in [-0.15, -0.1) is 0 Å². The number of hydrogen-bond acceptors (Lipinski definition) is 4. The van der Waals surface area contributed by atoms with Crippen LogP contribution in [0.5, 0.6) is 0 Å². The highest BCUT2D eigenvalue weighted by Gasteiger charge is 2.27. The summed E-state index contributed by atoms with van der Waals surface area (Å²) in [4.78, 5) is 33.8. The van der Waals surface area contributed by atoms with Crippen molar-refractivity contribution in [3.63, 3.8) is 0 Å². The summed E-state index contributed by atoms with van der Waals surface area (Å²) in [6, 6.07) is 11.4. The minimum atomic E-state index is -0.291. The van der Waals surface area contributed by atoms with Crippen LogP contribution in [0.4, 0.5) is 5.82 Å².